The van der Waals surface area contributed by atoms with Gasteiger partial charge in [-0.1, -0.05) is 30.3 Å². The number of nitrogens with zero attached hydrogens (tertiary/aromatic N) is 1. The Labute approximate surface area is 158 Å². The number of nitrogens with one attached hydrogen (secondary N) is 2. The molecule has 0 radical (unpaired) electrons. The van der Waals surface area contributed by atoms with Gasteiger partial charge in [0.15, 0.2) is 0 Å². The molecule has 0 atom stereocenters. The van der Waals surface area contributed by atoms with Crippen LogP contribution in [0.5, 0.6) is 11.5 Å². The van der Waals surface area contributed by atoms with Gasteiger partial charge in [0.2, 0.25) is 0 Å². The zero-order valence-corrected chi connectivity index (χ0v) is 15.3. The van der Waals surface area contributed by atoms with Crippen LogP contribution in [0.25, 0.3) is 10.9 Å². The molecular formula is C21H23N3O3. The predicted molar refractivity (Wildman–Crippen MR) is 105 cm³/mol. The summed E-state index contributed by atoms with van der Waals surface area (Å²) < 4.78 is 10.9. The Morgan fingerprint density at radius 2 is 1.78 bits per heavy atom. The van der Waals surface area contributed by atoms with Crippen molar-refractivity contribution in [3.63, 3.8) is 0 Å². The van der Waals surface area contributed by atoms with Gasteiger partial charge in [-0.25, -0.2) is 4.79 Å². The third-order valence-electron chi connectivity index (χ3n) is 4.10. The van der Waals surface area contributed by atoms with E-state index in [-0.39, 0.29) is 6.03 Å². The van der Waals surface area contributed by atoms with Gasteiger partial charge in [0.25, 0.3) is 0 Å². The van der Waals surface area contributed by atoms with Crippen LogP contribution in [0, 0.1) is 0 Å². The molecule has 0 bridgehead atoms. The fraction of sp³-hybridized carbons (Fsp3) is 0.238. The largest absolute Gasteiger partial charge is 0.497 e. The Kier molecular flexibility index (Phi) is 6.46. The second kappa shape index (κ2) is 9.43. The van der Waals surface area contributed by atoms with Gasteiger partial charge in [-0.3, -0.25) is 4.98 Å². The zero-order valence-electron chi connectivity index (χ0n) is 15.3. The first-order chi connectivity index (χ1) is 13.3. The fourth-order valence-corrected chi connectivity index (χ4v) is 2.69. The van der Waals surface area contributed by atoms with E-state index in [9.17, 15) is 4.79 Å². The Morgan fingerprint density at radius 3 is 2.59 bits per heavy atom. The van der Waals surface area contributed by atoms with E-state index in [2.05, 4.69) is 15.6 Å². The topological polar surface area (TPSA) is 72.5 Å². The number of aromatic nitrogens is 1. The first-order valence-corrected chi connectivity index (χ1v) is 8.87. The van der Waals surface area contributed by atoms with E-state index >= 15 is 0 Å². The highest BCUT2D eigenvalue weighted by Gasteiger charge is 2.04. The number of carbonyl (C=O) groups excluding carboxylic acids is 1. The average molecular weight is 365 g/mol. The maximum absolute atomic E-state index is 11.8. The second-order valence-electron chi connectivity index (χ2n) is 5.96. The van der Waals surface area contributed by atoms with E-state index in [1.54, 1.807) is 13.3 Å². The summed E-state index contributed by atoms with van der Waals surface area (Å²) in [5.41, 5.74) is 1.96. The van der Waals surface area contributed by atoms with Gasteiger partial charge >= 0.3 is 6.03 Å². The minimum atomic E-state index is -0.205. The molecule has 6 heteroatoms. The van der Waals surface area contributed by atoms with Crippen molar-refractivity contribution in [1.82, 2.24) is 15.6 Å². The molecule has 3 rings (SSSR count). The lowest BCUT2D eigenvalue weighted by Crippen LogP contribution is -2.38. The minimum absolute atomic E-state index is 0.205. The number of ether oxygens (including phenoxy) is 2. The third kappa shape index (κ3) is 5.34. The number of fused-ring (bicyclic) bond motifs is 1. The third-order valence-corrected chi connectivity index (χ3v) is 4.10. The van der Waals surface area contributed by atoms with Gasteiger partial charge in [-0.15, -0.1) is 0 Å². The lowest BCUT2D eigenvalue weighted by atomic mass is 10.1. The molecule has 0 saturated carbocycles. The molecule has 2 aromatic carbocycles. The molecule has 0 saturated heterocycles. The monoisotopic (exact) mass is 365 g/mol. The van der Waals surface area contributed by atoms with E-state index in [1.165, 1.54) is 0 Å². The number of urea groups is 1. The van der Waals surface area contributed by atoms with E-state index in [1.807, 2.05) is 54.6 Å². The van der Waals surface area contributed by atoms with Crippen LogP contribution in [-0.4, -0.2) is 37.8 Å². The summed E-state index contributed by atoms with van der Waals surface area (Å²) in [5, 5.41) is 6.66. The summed E-state index contributed by atoms with van der Waals surface area (Å²) in [7, 11) is 1.64. The summed E-state index contributed by atoms with van der Waals surface area (Å²) in [6.45, 7) is 1.35. The van der Waals surface area contributed by atoms with Crippen molar-refractivity contribution in [3.8, 4) is 11.5 Å². The molecule has 0 unspecified atom stereocenters. The number of hydrogen-bond acceptors (Lipinski definition) is 4. The Bertz CT molecular complexity index is 876. The highest BCUT2D eigenvalue weighted by Crippen LogP contribution is 2.22. The molecule has 0 aliphatic heterocycles. The molecule has 27 heavy (non-hydrogen) atoms. The lowest BCUT2D eigenvalue weighted by molar-refractivity contribution is 0.237. The minimum Gasteiger partial charge on any atom is -0.497 e. The second-order valence-corrected chi connectivity index (χ2v) is 5.96. The van der Waals surface area contributed by atoms with Crippen molar-refractivity contribution in [2.45, 2.75) is 6.42 Å². The summed E-state index contributed by atoms with van der Waals surface area (Å²) >= 11 is 0. The number of benzene rings is 2. The van der Waals surface area contributed by atoms with Crippen molar-refractivity contribution in [2.75, 3.05) is 26.8 Å². The number of carbonyl (C=O) groups is 1. The maximum atomic E-state index is 11.8. The molecule has 1 heterocycles. The van der Waals surface area contributed by atoms with Crippen molar-refractivity contribution in [2.24, 2.45) is 0 Å². The van der Waals surface area contributed by atoms with Crippen LogP contribution < -0.4 is 20.1 Å². The van der Waals surface area contributed by atoms with Gasteiger partial charge in [0, 0.05) is 18.1 Å². The van der Waals surface area contributed by atoms with Gasteiger partial charge < -0.3 is 20.1 Å². The molecule has 2 amide bonds. The van der Waals surface area contributed by atoms with Crippen molar-refractivity contribution < 1.29 is 14.3 Å². The van der Waals surface area contributed by atoms with E-state index in [0.29, 0.717) is 19.7 Å². The number of hydrogen-bond donors (Lipinski definition) is 2. The first kappa shape index (κ1) is 18.5. The standard InChI is InChI=1S/C21H23N3O3/c1-26-18-9-7-16(8-10-18)11-13-23-21(25)24-14-15-27-19-6-2-4-17-5-3-12-22-20(17)19/h2-10,12H,11,13-15H2,1H3,(H2,23,24,25). The van der Waals surface area contributed by atoms with Gasteiger partial charge in [-0.05, 0) is 36.2 Å². The van der Waals surface area contributed by atoms with Crippen LogP contribution >= 0.6 is 0 Å². The zero-order chi connectivity index (χ0) is 18.9. The van der Waals surface area contributed by atoms with Crippen molar-refractivity contribution >= 4 is 16.9 Å². The van der Waals surface area contributed by atoms with Crippen LogP contribution in [0.15, 0.2) is 60.8 Å². The quantitative estimate of drug-likeness (QED) is 0.602. The highest BCUT2D eigenvalue weighted by atomic mass is 16.5. The van der Waals surface area contributed by atoms with Crippen LogP contribution in [0.2, 0.25) is 0 Å². The average Bonchev–Trinajstić information content (AvgIpc) is 2.72. The summed E-state index contributed by atoms with van der Waals surface area (Å²) in [4.78, 5) is 16.2. The highest BCUT2D eigenvalue weighted by molar-refractivity contribution is 5.84. The van der Waals surface area contributed by atoms with Crippen LogP contribution in [0.3, 0.4) is 0 Å². The molecule has 0 spiro atoms. The first-order valence-electron chi connectivity index (χ1n) is 8.87. The van der Waals surface area contributed by atoms with Crippen LogP contribution in [-0.2, 0) is 6.42 Å². The Balaban J connectivity index is 1.35. The van der Waals surface area contributed by atoms with Crippen LogP contribution in [0.1, 0.15) is 5.56 Å². The normalized spacial score (nSPS) is 10.4. The number of rotatable bonds is 8. The fourth-order valence-electron chi connectivity index (χ4n) is 2.69. The molecule has 0 aliphatic carbocycles. The van der Waals surface area contributed by atoms with Crippen LogP contribution in [0.4, 0.5) is 4.79 Å². The number of amides is 2. The lowest BCUT2D eigenvalue weighted by Gasteiger charge is -2.10. The molecule has 0 fully saturated rings. The van der Waals surface area contributed by atoms with Gasteiger partial charge in [0.05, 0.1) is 13.7 Å². The molecule has 3 aromatic rings. The van der Waals surface area contributed by atoms with E-state index in [4.69, 9.17) is 9.47 Å². The van der Waals surface area contributed by atoms with Gasteiger partial charge in [0.1, 0.15) is 23.6 Å². The Hall–Kier alpha value is -3.28. The molecule has 140 valence electrons. The van der Waals surface area contributed by atoms with E-state index < -0.39 is 0 Å². The number of para-hydroxylation sites is 1. The van der Waals surface area contributed by atoms with Crippen molar-refractivity contribution in [1.29, 1.82) is 0 Å². The predicted octanol–water partition coefficient (Wildman–Crippen LogP) is 3.16. The summed E-state index contributed by atoms with van der Waals surface area (Å²) in [6, 6.07) is 17.3. The molecule has 2 N–H and O–H groups in total. The summed E-state index contributed by atoms with van der Waals surface area (Å²) in [5.74, 6) is 1.54. The molecular weight excluding hydrogens is 342 g/mol. The Morgan fingerprint density at radius 1 is 1.00 bits per heavy atom. The SMILES string of the molecule is COc1ccc(CCNC(=O)NCCOc2cccc3cccnc23)cc1. The van der Waals surface area contributed by atoms with E-state index in [0.717, 1.165) is 34.4 Å². The molecule has 0 aliphatic rings. The maximum Gasteiger partial charge on any atom is 0.314 e. The van der Waals surface area contributed by atoms with Gasteiger partial charge in [-0.2, -0.15) is 0 Å². The number of pyridine rings is 1. The van der Waals surface area contributed by atoms with Crippen molar-refractivity contribution in [3.05, 3.63) is 66.4 Å². The molecule has 1 aromatic heterocycles. The summed E-state index contributed by atoms with van der Waals surface area (Å²) in [6.07, 6.45) is 2.50. The number of methoxy groups -OCH3 is 1. The smallest absolute Gasteiger partial charge is 0.314 e. The molecule has 6 nitrogen and oxygen atoms in total.